The lowest BCUT2D eigenvalue weighted by Crippen LogP contribution is -2.21. The van der Waals surface area contributed by atoms with Crippen LogP contribution in [0.5, 0.6) is 0 Å². The van der Waals surface area contributed by atoms with Crippen LogP contribution in [0.2, 0.25) is 5.02 Å². The molecule has 0 radical (unpaired) electrons. The molecule has 92 valence electrons. The first-order valence-corrected chi connectivity index (χ1v) is 6.49. The number of para-hydroxylation sites is 1. The summed E-state index contributed by atoms with van der Waals surface area (Å²) in [4.78, 5) is 3.19. The van der Waals surface area contributed by atoms with Gasteiger partial charge in [-0.05, 0) is 36.7 Å². The lowest BCUT2D eigenvalue weighted by atomic mass is 9.88. The summed E-state index contributed by atoms with van der Waals surface area (Å²) in [5.74, 6) is 0. The number of imidazole rings is 1. The number of H-pyrrole nitrogens is 1. The van der Waals surface area contributed by atoms with E-state index in [-0.39, 0.29) is 5.41 Å². The molecule has 4 heteroatoms. The summed E-state index contributed by atoms with van der Waals surface area (Å²) in [5, 5.41) is 0.716. The van der Waals surface area contributed by atoms with Crippen molar-refractivity contribution >= 4 is 34.9 Å². The first-order chi connectivity index (χ1) is 7.82. The maximum atomic E-state index is 6.17. The van der Waals surface area contributed by atoms with Gasteiger partial charge in [0.05, 0.1) is 16.1 Å². The Bertz CT molecular complexity index is 604. The molecule has 0 aliphatic rings. The van der Waals surface area contributed by atoms with E-state index in [0.717, 1.165) is 15.8 Å². The van der Waals surface area contributed by atoms with Gasteiger partial charge < -0.3 is 9.55 Å². The van der Waals surface area contributed by atoms with E-state index in [1.54, 1.807) is 0 Å². The summed E-state index contributed by atoms with van der Waals surface area (Å²) in [5.41, 5.74) is 2.15. The van der Waals surface area contributed by atoms with Gasteiger partial charge in [0, 0.05) is 6.04 Å². The molecule has 1 atom stereocenters. The number of benzene rings is 1. The Kier molecular flexibility index (Phi) is 3.08. The van der Waals surface area contributed by atoms with E-state index in [9.17, 15) is 0 Å². The number of hydrogen-bond acceptors (Lipinski definition) is 1. The van der Waals surface area contributed by atoms with Crippen LogP contribution in [0.3, 0.4) is 0 Å². The van der Waals surface area contributed by atoms with Crippen molar-refractivity contribution in [3.63, 3.8) is 0 Å². The molecular formula is C13H17ClN2S. The number of hydrogen-bond donors (Lipinski definition) is 1. The van der Waals surface area contributed by atoms with Crippen molar-refractivity contribution in [3.8, 4) is 0 Å². The zero-order valence-corrected chi connectivity index (χ0v) is 12.1. The molecule has 2 aromatic rings. The zero-order chi connectivity index (χ0) is 12.8. The van der Waals surface area contributed by atoms with Crippen LogP contribution < -0.4 is 0 Å². The van der Waals surface area contributed by atoms with Crippen molar-refractivity contribution < 1.29 is 0 Å². The van der Waals surface area contributed by atoms with Gasteiger partial charge >= 0.3 is 0 Å². The third-order valence-corrected chi connectivity index (χ3v) is 3.96. The van der Waals surface area contributed by atoms with Crippen LogP contribution in [0.4, 0.5) is 0 Å². The molecule has 0 aliphatic heterocycles. The third kappa shape index (κ3) is 2.14. The van der Waals surface area contributed by atoms with Gasteiger partial charge in [-0.1, -0.05) is 38.4 Å². The second-order valence-corrected chi connectivity index (χ2v) is 6.27. The largest absolute Gasteiger partial charge is 0.329 e. The standard InChI is InChI=1S/C13H17ClN2S/c1-8(13(2,3)4)16-10-7-5-6-9(14)11(10)15-12(16)17/h5-8H,1-4H3,(H,15,17). The van der Waals surface area contributed by atoms with Crippen molar-refractivity contribution in [1.82, 2.24) is 9.55 Å². The molecule has 1 aromatic carbocycles. The van der Waals surface area contributed by atoms with Crippen LogP contribution in [-0.4, -0.2) is 9.55 Å². The molecule has 0 fully saturated rings. The summed E-state index contributed by atoms with van der Waals surface area (Å²) in [6.07, 6.45) is 0. The Morgan fingerprint density at radius 2 is 2.00 bits per heavy atom. The highest BCUT2D eigenvalue weighted by molar-refractivity contribution is 7.71. The summed E-state index contributed by atoms with van der Waals surface area (Å²) >= 11 is 11.6. The van der Waals surface area contributed by atoms with Gasteiger partial charge in [-0.2, -0.15) is 0 Å². The lowest BCUT2D eigenvalue weighted by molar-refractivity contribution is 0.265. The Balaban J connectivity index is 2.75. The summed E-state index contributed by atoms with van der Waals surface area (Å²) in [6.45, 7) is 8.82. The van der Waals surface area contributed by atoms with Gasteiger partial charge in [0.2, 0.25) is 0 Å². The maximum Gasteiger partial charge on any atom is 0.178 e. The van der Waals surface area contributed by atoms with Crippen LogP contribution in [-0.2, 0) is 0 Å². The first kappa shape index (κ1) is 12.7. The molecule has 0 saturated heterocycles. The fourth-order valence-corrected chi connectivity index (χ4v) is 2.46. The van der Waals surface area contributed by atoms with Crippen molar-refractivity contribution in [1.29, 1.82) is 0 Å². The van der Waals surface area contributed by atoms with Crippen molar-refractivity contribution in [3.05, 3.63) is 28.0 Å². The van der Waals surface area contributed by atoms with Crippen LogP contribution in [0.15, 0.2) is 18.2 Å². The highest BCUT2D eigenvalue weighted by Gasteiger charge is 2.24. The Labute approximate surface area is 112 Å². The maximum absolute atomic E-state index is 6.17. The molecule has 1 aromatic heterocycles. The second kappa shape index (κ2) is 4.14. The number of rotatable bonds is 1. The summed E-state index contributed by atoms with van der Waals surface area (Å²) < 4.78 is 2.88. The SMILES string of the molecule is CC(n1c(=S)[nH]c2c(Cl)cccc21)C(C)(C)C. The van der Waals surface area contributed by atoms with E-state index in [1.807, 2.05) is 12.1 Å². The molecule has 0 amide bonds. The van der Waals surface area contributed by atoms with Gasteiger partial charge in [0.1, 0.15) is 0 Å². The number of nitrogens with zero attached hydrogens (tertiary/aromatic N) is 1. The predicted molar refractivity (Wildman–Crippen MR) is 76.3 cm³/mol. The average Bonchev–Trinajstić information content (AvgIpc) is 2.54. The van der Waals surface area contributed by atoms with Gasteiger partial charge in [0.25, 0.3) is 0 Å². The number of aromatic amines is 1. The van der Waals surface area contributed by atoms with E-state index < -0.39 is 0 Å². The Morgan fingerprint density at radius 1 is 1.35 bits per heavy atom. The molecule has 1 heterocycles. The number of halogens is 1. The zero-order valence-electron chi connectivity index (χ0n) is 10.5. The normalized spacial score (nSPS) is 14.2. The van der Waals surface area contributed by atoms with Crippen molar-refractivity contribution in [2.75, 3.05) is 0 Å². The van der Waals surface area contributed by atoms with Crippen LogP contribution >= 0.6 is 23.8 Å². The Morgan fingerprint density at radius 3 is 2.59 bits per heavy atom. The minimum absolute atomic E-state index is 0.148. The van der Waals surface area contributed by atoms with Gasteiger partial charge in [-0.15, -0.1) is 0 Å². The van der Waals surface area contributed by atoms with Crippen molar-refractivity contribution in [2.24, 2.45) is 5.41 Å². The first-order valence-electron chi connectivity index (χ1n) is 5.71. The van der Waals surface area contributed by atoms with E-state index in [4.69, 9.17) is 23.8 Å². The van der Waals surface area contributed by atoms with E-state index in [1.165, 1.54) is 0 Å². The van der Waals surface area contributed by atoms with Crippen LogP contribution in [0.25, 0.3) is 11.0 Å². The lowest BCUT2D eigenvalue weighted by Gasteiger charge is -2.29. The predicted octanol–water partition coefficient (Wildman–Crippen LogP) is 4.96. The average molecular weight is 269 g/mol. The monoisotopic (exact) mass is 268 g/mol. The third-order valence-electron chi connectivity index (χ3n) is 3.34. The van der Waals surface area contributed by atoms with Gasteiger partial charge in [-0.25, -0.2) is 0 Å². The molecule has 0 aliphatic carbocycles. The molecule has 0 saturated carbocycles. The minimum atomic E-state index is 0.148. The molecular weight excluding hydrogens is 252 g/mol. The number of fused-ring (bicyclic) bond motifs is 1. The van der Waals surface area contributed by atoms with Crippen LogP contribution in [0.1, 0.15) is 33.7 Å². The summed E-state index contributed by atoms with van der Waals surface area (Å²) in [7, 11) is 0. The van der Waals surface area contributed by atoms with Gasteiger partial charge in [0.15, 0.2) is 4.77 Å². The molecule has 2 nitrogen and oxygen atoms in total. The second-order valence-electron chi connectivity index (χ2n) is 5.48. The molecule has 1 unspecified atom stereocenters. The van der Waals surface area contributed by atoms with E-state index >= 15 is 0 Å². The van der Waals surface area contributed by atoms with Crippen molar-refractivity contribution in [2.45, 2.75) is 33.7 Å². The van der Waals surface area contributed by atoms with E-state index in [2.05, 4.69) is 43.3 Å². The minimum Gasteiger partial charge on any atom is -0.329 e. The molecule has 0 spiro atoms. The number of nitrogens with one attached hydrogen (secondary N) is 1. The van der Waals surface area contributed by atoms with Gasteiger partial charge in [-0.3, -0.25) is 0 Å². The topological polar surface area (TPSA) is 20.7 Å². The molecule has 17 heavy (non-hydrogen) atoms. The molecule has 1 N–H and O–H groups in total. The highest BCUT2D eigenvalue weighted by Crippen LogP contribution is 2.34. The smallest absolute Gasteiger partial charge is 0.178 e. The fraction of sp³-hybridized carbons (Fsp3) is 0.462. The number of aromatic nitrogens is 2. The fourth-order valence-electron chi connectivity index (χ4n) is 1.89. The molecule has 2 rings (SSSR count). The quantitative estimate of drug-likeness (QED) is 0.725. The summed E-state index contributed by atoms with van der Waals surface area (Å²) in [6, 6.07) is 6.19. The van der Waals surface area contributed by atoms with Crippen LogP contribution in [0, 0.1) is 10.2 Å². The highest BCUT2D eigenvalue weighted by atomic mass is 35.5. The Hall–Kier alpha value is -0.800. The molecule has 0 bridgehead atoms. The van der Waals surface area contributed by atoms with E-state index in [0.29, 0.717) is 11.1 Å².